The van der Waals surface area contributed by atoms with Crippen LogP contribution in [-0.2, 0) is 0 Å². The molecule has 1 aromatic rings. The smallest absolute Gasteiger partial charge is 0.310 e. The van der Waals surface area contributed by atoms with Crippen molar-refractivity contribution in [3.63, 3.8) is 0 Å². The van der Waals surface area contributed by atoms with Crippen molar-refractivity contribution in [2.45, 2.75) is 51.6 Å². The first kappa shape index (κ1) is 16.3. The molecule has 0 aliphatic heterocycles. The fraction of sp³-hybridized carbons (Fsp3) is 0.562. The lowest BCUT2D eigenvalue weighted by atomic mass is 9.85. The molecule has 120 valence electrons. The predicted molar refractivity (Wildman–Crippen MR) is 78.7 cm³/mol. The average Bonchev–Trinajstić information content (AvgIpc) is 2.95. The van der Waals surface area contributed by atoms with Crippen molar-refractivity contribution in [3.05, 3.63) is 33.9 Å². The summed E-state index contributed by atoms with van der Waals surface area (Å²) in [6.45, 7) is 4.12. The molecule has 1 fully saturated rings. The van der Waals surface area contributed by atoms with Crippen LogP contribution in [0.1, 0.15) is 56.3 Å². The van der Waals surface area contributed by atoms with Crippen LogP contribution in [-0.4, -0.2) is 16.5 Å². The number of hydrogen-bond acceptors (Lipinski definition) is 5. The van der Waals surface area contributed by atoms with Crippen molar-refractivity contribution in [1.82, 2.24) is 0 Å². The quantitative estimate of drug-likeness (QED) is 0.595. The summed E-state index contributed by atoms with van der Waals surface area (Å²) in [6.07, 6.45) is 4.58. The molecule has 0 saturated heterocycles. The summed E-state index contributed by atoms with van der Waals surface area (Å²) in [6, 6.07) is 3.54. The number of nitro groups is 1. The van der Waals surface area contributed by atoms with Gasteiger partial charge in [-0.1, -0.05) is 13.8 Å². The number of hydrogen-bond donors (Lipinski definition) is 0. The third-order valence-electron chi connectivity index (χ3n) is 4.67. The van der Waals surface area contributed by atoms with Crippen molar-refractivity contribution in [2.75, 3.05) is 0 Å². The van der Waals surface area contributed by atoms with Crippen LogP contribution in [0.4, 0.5) is 5.69 Å². The first-order valence-corrected chi connectivity index (χ1v) is 7.58. The lowest BCUT2D eigenvalue weighted by Gasteiger charge is -2.35. The Morgan fingerprint density at radius 3 is 2.55 bits per heavy atom. The third-order valence-corrected chi connectivity index (χ3v) is 4.67. The van der Waals surface area contributed by atoms with Gasteiger partial charge in [0.15, 0.2) is 5.75 Å². The zero-order valence-electron chi connectivity index (χ0n) is 12.8. The Labute approximate surface area is 129 Å². The van der Waals surface area contributed by atoms with E-state index in [0.29, 0.717) is 0 Å². The highest BCUT2D eigenvalue weighted by Crippen LogP contribution is 2.43. The highest BCUT2D eigenvalue weighted by molar-refractivity contribution is 5.87. The van der Waals surface area contributed by atoms with E-state index in [1.54, 1.807) is 0 Å². The fourth-order valence-corrected chi connectivity index (χ4v) is 3.13. The van der Waals surface area contributed by atoms with Gasteiger partial charge in [0.25, 0.3) is 0 Å². The molecule has 0 aromatic heterocycles. The minimum Gasteiger partial charge on any atom is -0.545 e. The highest BCUT2D eigenvalue weighted by Gasteiger charge is 2.41. The van der Waals surface area contributed by atoms with Crippen molar-refractivity contribution < 1.29 is 19.6 Å². The molecule has 6 nitrogen and oxygen atoms in total. The number of aromatic carboxylic acids is 1. The van der Waals surface area contributed by atoms with Gasteiger partial charge in [-0.15, -0.1) is 0 Å². The van der Waals surface area contributed by atoms with Crippen molar-refractivity contribution >= 4 is 11.7 Å². The summed E-state index contributed by atoms with van der Waals surface area (Å²) in [5.41, 5.74) is -0.776. The Morgan fingerprint density at radius 2 is 2.05 bits per heavy atom. The van der Waals surface area contributed by atoms with E-state index in [1.165, 1.54) is 18.2 Å². The molecule has 22 heavy (non-hydrogen) atoms. The maximum atomic E-state index is 11.2. The maximum absolute atomic E-state index is 11.2. The van der Waals surface area contributed by atoms with E-state index in [0.717, 1.165) is 32.1 Å². The summed E-state index contributed by atoms with van der Waals surface area (Å²) in [5, 5.41) is 22.2. The van der Waals surface area contributed by atoms with Crippen molar-refractivity contribution in [3.8, 4) is 5.75 Å². The molecule has 1 aromatic carbocycles. The number of nitro benzene ring substituents is 1. The van der Waals surface area contributed by atoms with Crippen LogP contribution in [0.25, 0.3) is 0 Å². The summed E-state index contributed by atoms with van der Waals surface area (Å²) in [7, 11) is 0. The number of nitrogens with zero attached hydrogens (tertiary/aromatic N) is 1. The molecule has 1 atom stereocenters. The van der Waals surface area contributed by atoms with E-state index < -0.39 is 16.5 Å². The van der Waals surface area contributed by atoms with Gasteiger partial charge in [-0.3, -0.25) is 10.1 Å². The van der Waals surface area contributed by atoms with Crippen LogP contribution in [0.15, 0.2) is 18.2 Å². The molecule has 0 heterocycles. The van der Waals surface area contributed by atoms with E-state index in [4.69, 9.17) is 4.74 Å². The van der Waals surface area contributed by atoms with Crippen LogP contribution < -0.4 is 9.84 Å². The Morgan fingerprint density at radius 1 is 1.41 bits per heavy atom. The van der Waals surface area contributed by atoms with Gasteiger partial charge >= 0.3 is 5.69 Å². The molecule has 1 saturated carbocycles. The standard InChI is InChI=1S/C16H21NO5/c1-3-11(2)16(8-4-5-9-16)22-14-10-12(15(18)19)6-7-13(14)17(20)21/h6-7,10-11H,3-5,8-9H2,1-2H3,(H,18,19)/p-1. The van der Waals surface area contributed by atoms with Crippen LogP contribution >= 0.6 is 0 Å². The second-order valence-corrected chi connectivity index (χ2v) is 5.91. The van der Waals surface area contributed by atoms with E-state index in [-0.39, 0.29) is 22.9 Å². The van der Waals surface area contributed by atoms with Crippen LogP contribution in [0.5, 0.6) is 5.75 Å². The van der Waals surface area contributed by atoms with E-state index in [1.807, 2.05) is 0 Å². The minimum atomic E-state index is -1.37. The van der Waals surface area contributed by atoms with Crippen molar-refractivity contribution in [2.24, 2.45) is 5.92 Å². The molecular weight excluding hydrogens is 286 g/mol. The Bertz CT molecular complexity index is 578. The van der Waals surface area contributed by atoms with E-state index >= 15 is 0 Å². The number of benzene rings is 1. The van der Waals surface area contributed by atoms with Crippen molar-refractivity contribution in [1.29, 1.82) is 0 Å². The van der Waals surface area contributed by atoms with Crippen LogP contribution in [0.2, 0.25) is 0 Å². The number of carboxylic acid groups (broad SMARTS) is 1. The fourth-order valence-electron chi connectivity index (χ4n) is 3.13. The topological polar surface area (TPSA) is 92.5 Å². The molecule has 0 radical (unpaired) electrons. The molecule has 0 spiro atoms. The average molecular weight is 306 g/mol. The Balaban J connectivity index is 2.43. The largest absolute Gasteiger partial charge is 0.545 e. The zero-order valence-corrected chi connectivity index (χ0v) is 12.8. The molecule has 1 aliphatic rings. The van der Waals surface area contributed by atoms with Gasteiger partial charge in [-0.2, -0.15) is 0 Å². The molecule has 2 rings (SSSR count). The normalized spacial score (nSPS) is 17.9. The first-order chi connectivity index (χ1) is 10.4. The summed E-state index contributed by atoms with van der Waals surface area (Å²) in [4.78, 5) is 21.6. The zero-order chi connectivity index (χ0) is 16.3. The predicted octanol–water partition coefficient (Wildman–Crippen LogP) is 2.70. The van der Waals surface area contributed by atoms with Gasteiger partial charge < -0.3 is 14.6 Å². The van der Waals surface area contributed by atoms with Gasteiger partial charge in [0.05, 0.1) is 10.9 Å². The van der Waals surface area contributed by atoms with Gasteiger partial charge in [0.2, 0.25) is 0 Å². The molecule has 0 N–H and O–H groups in total. The number of carbonyl (C=O) groups is 1. The van der Waals surface area contributed by atoms with Gasteiger partial charge in [0.1, 0.15) is 5.60 Å². The second kappa shape index (κ2) is 6.34. The van der Waals surface area contributed by atoms with Gasteiger partial charge in [-0.05, 0) is 50.2 Å². The molecule has 0 amide bonds. The van der Waals surface area contributed by atoms with E-state index in [9.17, 15) is 20.0 Å². The number of ether oxygens (including phenoxy) is 1. The minimum absolute atomic E-state index is 0.0221. The van der Waals surface area contributed by atoms with Gasteiger partial charge in [-0.25, -0.2) is 0 Å². The SMILES string of the molecule is CCC(C)C1(Oc2cc(C(=O)[O-])ccc2[N+](=O)[O-])CCCC1. The summed E-state index contributed by atoms with van der Waals surface area (Å²) >= 11 is 0. The lowest BCUT2D eigenvalue weighted by Crippen LogP contribution is -2.39. The molecule has 0 bridgehead atoms. The highest BCUT2D eigenvalue weighted by atomic mass is 16.6. The second-order valence-electron chi connectivity index (χ2n) is 5.91. The van der Waals surface area contributed by atoms with Crippen LogP contribution in [0, 0.1) is 16.0 Å². The molecule has 1 aliphatic carbocycles. The molecule has 6 heteroatoms. The van der Waals surface area contributed by atoms with E-state index in [2.05, 4.69) is 13.8 Å². The molecule has 1 unspecified atom stereocenters. The Kier molecular flexibility index (Phi) is 4.68. The number of carbonyl (C=O) groups excluding carboxylic acids is 1. The first-order valence-electron chi connectivity index (χ1n) is 7.58. The van der Waals surface area contributed by atoms with Crippen LogP contribution in [0.3, 0.4) is 0 Å². The number of rotatable bonds is 6. The maximum Gasteiger partial charge on any atom is 0.310 e. The summed E-state index contributed by atoms with van der Waals surface area (Å²) in [5.74, 6) is -1.11. The monoisotopic (exact) mass is 306 g/mol. The van der Waals surface area contributed by atoms with Gasteiger partial charge in [0, 0.05) is 11.6 Å². The lowest BCUT2D eigenvalue weighted by molar-refractivity contribution is -0.386. The number of carboxylic acids is 1. The summed E-state index contributed by atoms with van der Waals surface area (Å²) < 4.78 is 6.07. The Hall–Kier alpha value is -2.11. The molecular formula is C16H20NO5-. The third kappa shape index (κ3) is 3.05.